The normalized spacial score (nSPS) is 38.2. The van der Waals surface area contributed by atoms with Crippen LogP contribution in [-0.2, 0) is 14.5 Å². The van der Waals surface area contributed by atoms with E-state index in [1.807, 2.05) is 0 Å². The summed E-state index contributed by atoms with van der Waals surface area (Å²) < 4.78 is 4.67. The minimum Gasteiger partial charge on any atom is -0.365 e. The molecular formula is C4H8O4. The Balaban J connectivity index is 2.22. The fourth-order valence-electron chi connectivity index (χ4n) is 0.505. The van der Waals surface area contributed by atoms with E-state index in [4.69, 9.17) is 5.11 Å². The standard InChI is InChI=1S/C4H8O4/c1-6-4-2-3(5)7-8-4/h3-5H,2H2,1H3/t3-,4+/m0/s1. The smallest absolute Gasteiger partial charge is 0.195 e. The summed E-state index contributed by atoms with van der Waals surface area (Å²) in [5.74, 6) is 0. The second-order valence-corrected chi connectivity index (χ2v) is 1.55. The summed E-state index contributed by atoms with van der Waals surface area (Å²) in [5, 5.41) is 8.60. The average Bonchev–Trinajstić information content (AvgIpc) is 2.14. The lowest BCUT2D eigenvalue weighted by Gasteiger charge is -1.99. The van der Waals surface area contributed by atoms with E-state index < -0.39 is 12.6 Å². The topological polar surface area (TPSA) is 47.9 Å². The van der Waals surface area contributed by atoms with Crippen LogP contribution in [0.25, 0.3) is 0 Å². The Morgan fingerprint density at radius 1 is 1.62 bits per heavy atom. The first-order valence-electron chi connectivity index (χ1n) is 2.36. The molecule has 0 unspecified atom stereocenters. The van der Waals surface area contributed by atoms with Gasteiger partial charge in [0.15, 0.2) is 12.6 Å². The Kier molecular flexibility index (Phi) is 1.80. The molecule has 1 rings (SSSR count). The van der Waals surface area contributed by atoms with Crippen LogP contribution >= 0.6 is 0 Å². The maximum absolute atomic E-state index is 8.60. The van der Waals surface area contributed by atoms with E-state index in [-0.39, 0.29) is 0 Å². The second-order valence-electron chi connectivity index (χ2n) is 1.55. The Bertz CT molecular complexity index is 74.4. The highest BCUT2D eigenvalue weighted by Gasteiger charge is 2.24. The zero-order chi connectivity index (χ0) is 5.98. The quantitative estimate of drug-likeness (QED) is 0.479. The number of ether oxygens (including phenoxy) is 1. The molecular weight excluding hydrogens is 112 g/mol. The Hall–Kier alpha value is -0.160. The van der Waals surface area contributed by atoms with E-state index in [1.165, 1.54) is 7.11 Å². The van der Waals surface area contributed by atoms with Crippen LogP contribution in [0.1, 0.15) is 6.42 Å². The highest BCUT2D eigenvalue weighted by molar-refractivity contribution is 4.48. The van der Waals surface area contributed by atoms with Crippen LogP contribution in [0.2, 0.25) is 0 Å². The van der Waals surface area contributed by atoms with Crippen molar-refractivity contribution in [1.29, 1.82) is 0 Å². The van der Waals surface area contributed by atoms with Gasteiger partial charge in [0.1, 0.15) is 0 Å². The summed E-state index contributed by atoms with van der Waals surface area (Å²) in [6.07, 6.45) is -0.832. The Morgan fingerprint density at radius 3 is 2.62 bits per heavy atom. The van der Waals surface area contributed by atoms with Crippen LogP contribution in [-0.4, -0.2) is 24.8 Å². The number of methoxy groups -OCH3 is 1. The van der Waals surface area contributed by atoms with Crippen LogP contribution in [0.4, 0.5) is 0 Å². The van der Waals surface area contributed by atoms with E-state index in [9.17, 15) is 0 Å². The third kappa shape index (κ3) is 1.16. The lowest BCUT2D eigenvalue weighted by Crippen LogP contribution is -2.07. The molecule has 1 N–H and O–H groups in total. The highest BCUT2D eigenvalue weighted by Crippen LogP contribution is 2.13. The van der Waals surface area contributed by atoms with E-state index in [0.29, 0.717) is 6.42 Å². The highest BCUT2D eigenvalue weighted by atomic mass is 17.3. The molecule has 1 aliphatic heterocycles. The summed E-state index contributed by atoms with van der Waals surface area (Å²) in [6, 6.07) is 0. The van der Waals surface area contributed by atoms with Crippen LogP contribution in [0.3, 0.4) is 0 Å². The van der Waals surface area contributed by atoms with Gasteiger partial charge in [-0.05, 0) is 0 Å². The van der Waals surface area contributed by atoms with Crippen molar-refractivity contribution in [1.82, 2.24) is 0 Å². The fourth-order valence-corrected chi connectivity index (χ4v) is 0.505. The van der Waals surface area contributed by atoms with Crippen LogP contribution in [0.5, 0.6) is 0 Å². The Labute approximate surface area is 46.9 Å². The maximum Gasteiger partial charge on any atom is 0.195 e. The van der Waals surface area contributed by atoms with Gasteiger partial charge in [0.2, 0.25) is 0 Å². The molecule has 1 fully saturated rings. The van der Waals surface area contributed by atoms with Crippen molar-refractivity contribution < 1.29 is 19.6 Å². The third-order valence-electron chi connectivity index (χ3n) is 0.931. The predicted octanol–water partition coefficient (Wildman–Crippen LogP) is -0.371. The van der Waals surface area contributed by atoms with Gasteiger partial charge < -0.3 is 9.84 Å². The summed E-state index contributed by atoms with van der Waals surface area (Å²) in [5.41, 5.74) is 0. The molecule has 4 nitrogen and oxygen atoms in total. The predicted molar refractivity (Wildman–Crippen MR) is 23.6 cm³/mol. The molecule has 0 aromatic carbocycles. The number of hydrogen-bond donors (Lipinski definition) is 1. The molecule has 0 radical (unpaired) electrons. The Morgan fingerprint density at radius 2 is 2.38 bits per heavy atom. The first-order valence-corrected chi connectivity index (χ1v) is 2.36. The fraction of sp³-hybridized carbons (Fsp3) is 1.00. The van der Waals surface area contributed by atoms with Crippen molar-refractivity contribution in [3.63, 3.8) is 0 Å². The lowest BCUT2D eigenvalue weighted by molar-refractivity contribution is -0.363. The van der Waals surface area contributed by atoms with Gasteiger partial charge in [0.05, 0.1) is 6.42 Å². The first-order chi connectivity index (χ1) is 3.83. The van der Waals surface area contributed by atoms with E-state index in [1.54, 1.807) is 0 Å². The lowest BCUT2D eigenvalue weighted by atomic mass is 10.4. The van der Waals surface area contributed by atoms with E-state index in [0.717, 1.165) is 0 Å². The molecule has 0 aliphatic carbocycles. The van der Waals surface area contributed by atoms with Gasteiger partial charge in [0.25, 0.3) is 0 Å². The molecule has 48 valence electrons. The van der Waals surface area contributed by atoms with Crippen molar-refractivity contribution in [3.8, 4) is 0 Å². The molecule has 8 heavy (non-hydrogen) atoms. The largest absolute Gasteiger partial charge is 0.365 e. The third-order valence-corrected chi connectivity index (χ3v) is 0.931. The maximum atomic E-state index is 8.60. The number of rotatable bonds is 1. The van der Waals surface area contributed by atoms with Gasteiger partial charge >= 0.3 is 0 Å². The van der Waals surface area contributed by atoms with Crippen molar-refractivity contribution in [2.45, 2.75) is 19.0 Å². The molecule has 1 saturated heterocycles. The molecule has 0 saturated carbocycles. The van der Waals surface area contributed by atoms with Gasteiger partial charge in [-0.25, -0.2) is 9.78 Å². The molecule has 1 heterocycles. The molecule has 4 heteroatoms. The van der Waals surface area contributed by atoms with Gasteiger partial charge in [-0.15, -0.1) is 0 Å². The second kappa shape index (κ2) is 2.41. The molecule has 0 aromatic heterocycles. The zero-order valence-corrected chi connectivity index (χ0v) is 4.53. The van der Waals surface area contributed by atoms with Gasteiger partial charge in [-0.1, -0.05) is 0 Å². The molecule has 0 aromatic rings. The molecule has 2 atom stereocenters. The van der Waals surface area contributed by atoms with Gasteiger partial charge in [-0.3, -0.25) is 0 Å². The molecule has 0 amide bonds. The summed E-state index contributed by atoms with van der Waals surface area (Å²) in [4.78, 5) is 8.73. The minimum atomic E-state index is -0.819. The van der Waals surface area contributed by atoms with Crippen molar-refractivity contribution >= 4 is 0 Å². The summed E-state index contributed by atoms with van der Waals surface area (Å²) >= 11 is 0. The van der Waals surface area contributed by atoms with Crippen LogP contribution in [0.15, 0.2) is 0 Å². The summed E-state index contributed by atoms with van der Waals surface area (Å²) in [6.45, 7) is 0. The van der Waals surface area contributed by atoms with Crippen molar-refractivity contribution in [2.75, 3.05) is 7.11 Å². The molecule has 0 bridgehead atoms. The van der Waals surface area contributed by atoms with Gasteiger partial charge in [0, 0.05) is 7.11 Å². The molecule has 1 aliphatic rings. The minimum absolute atomic E-state index is 0.385. The summed E-state index contributed by atoms with van der Waals surface area (Å²) in [7, 11) is 1.49. The van der Waals surface area contributed by atoms with Crippen LogP contribution < -0.4 is 0 Å². The monoisotopic (exact) mass is 120 g/mol. The van der Waals surface area contributed by atoms with Gasteiger partial charge in [-0.2, -0.15) is 0 Å². The van der Waals surface area contributed by atoms with E-state index >= 15 is 0 Å². The first kappa shape index (κ1) is 5.97. The SMILES string of the molecule is CO[C@H]1C[C@@H](O)OO1. The number of aliphatic hydroxyl groups is 1. The average molecular weight is 120 g/mol. The zero-order valence-electron chi connectivity index (χ0n) is 4.53. The van der Waals surface area contributed by atoms with Crippen LogP contribution in [0, 0.1) is 0 Å². The number of aliphatic hydroxyl groups excluding tert-OH is 1. The molecule has 0 spiro atoms. The van der Waals surface area contributed by atoms with Crippen molar-refractivity contribution in [2.24, 2.45) is 0 Å². The number of hydrogen-bond acceptors (Lipinski definition) is 4. The van der Waals surface area contributed by atoms with Crippen molar-refractivity contribution in [3.05, 3.63) is 0 Å². The van der Waals surface area contributed by atoms with E-state index in [2.05, 4.69) is 14.5 Å².